The Morgan fingerprint density at radius 3 is 2.89 bits per heavy atom. The number of ether oxygens (including phenoxy) is 2. The van der Waals surface area contributed by atoms with E-state index in [1.54, 1.807) is 0 Å². The molecule has 1 saturated heterocycles. The fraction of sp³-hybridized carbons (Fsp3) is 1.00. The van der Waals surface area contributed by atoms with Crippen molar-refractivity contribution in [2.24, 2.45) is 0 Å². The van der Waals surface area contributed by atoms with Gasteiger partial charge >= 0.3 is 0 Å². The fourth-order valence-electron chi connectivity index (χ4n) is 0.486. The summed E-state index contributed by atoms with van der Waals surface area (Å²) in [6.45, 7) is 2.51. The van der Waals surface area contributed by atoms with Gasteiger partial charge in [-0.15, -0.1) is 0 Å². The molecule has 0 spiro atoms. The Labute approximate surface area is 55.7 Å². The Balaban J connectivity index is 1.71. The maximum Gasteiger partial charge on any atom is 0.282 e. The molecule has 0 saturated carbocycles. The topological polar surface area (TPSA) is 31.0 Å². The van der Waals surface area contributed by atoms with E-state index < -0.39 is 0 Å². The molecule has 0 amide bonds. The molecule has 4 heteroatoms. The third-order valence-corrected chi connectivity index (χ3v) is 1.05. The Bertz CT molecular complexity index is 74.6. The van der Waals surface area contributed by atoms with Gasteiger partial charge in [-0.3, -0.25) is 0 Å². The zero-order chi connectivity index (χ0) is 6.53. The molecule has 0 aromatic rings. The lowest BCUT2D eigenvalue weighted by Crippen LogP contribution is -2.06. The lowest BCUT2D eigenvalue weighted by atomic mass is 10.5. The van der Waals surface area contributed by atoms with Gasteiger partial charge in [0.15, 0.2) is 0 Å². The molecule has 1 aliphatic rings. The minimum atomic E-state index is 0.336. The van der Waals surface area contributed by atoms with E-state index in [1.165, 1.54) is 0 Å². The summed E-state index contributed by atoms with van der Waals surface area (Å²) >= 11 is 0. The van der Waals surface area contributed by atoms with Crippen LogP contribution in [0.15, 0.2) is 0 Å². The van der Waals surface area contributed by atoms with E-state index >= 15 is 0 Å². The van der Waals surface area contributed by atoms with Crippen LogP contribution in [0.2, 0.25) is 0 Å². The van der Waals surface area contributed by atoms with Crippen molar-refractivity contribution >= 4 is 8.05 Å². The molecular weight excluding hydrogens is 119 g/mol. The van der Waals surface area contributed by atoms with Gasteiger partial charge in [0.1, 0.15) is 6.10 Å². The van der Waals surface area contributed by atoms with Crippen LogP contribution in [-0.2, 0) is 14.1 Å². The second-order valence-electron chi connectivity index (χ2n) is 1.90. The van der Waals surface area contributed by atoms with Gasteiger partial charge in [-0.2, -0.15) is 0 Å². The molecule has 1 aliphatic heterocycles. The van der Waals surface area contributed by atoms with Crippen molar-refractivity contribution < 1.29 is 14.1 Å². The van der Waals surface area contributed by atoms with Gasteiger partial charge in [0.05, 0.1) is 26.4 Å². The van der Waals surface area contributed by atoms with E-state index in [0.29, 0.717) is 25.9 Å². The summed E-state index contributed by atoms with van der Waals surface area (Å²) in [6.07, 6.45) is 0.336. The number of hydrogen-bond donors (Lipinski definition) is 0. The van der Waals surface area contributed by atoms with Crippen LogP contribution in [0.5, 0.6) is 0 Å². The smallest absolute Gasteiger partial charge is 0.282 e. The molecule has 50 valence electrons. The van der Waals surface area contributed by atoms with Crippen LogP contribution in [-0.4, -0.2) is 40.6 Å². The Kier molecular flexibility index (Phi) is 3.04. The van der Waals surface area contributed by atoms with Crippen molar-refractivity contribution in [3.8, 4) is 0 Å². The predicted octanol–water partition coefficient (Wildman–Crippen LogP) is -0.498. The van der Waals surface area contributed by atoms with Crippen LogP contribution in [0, 0.1) is 0 Å². The normalized spacial score (nSPS) is 24.2. The first-order chi connectivity index (χ1) is 4.43. The monoisotopic (exact) mass is 128 g/mol. The first kappa shape index (κ1) is 7.06. The second kappa shape index (κ2) is 3.87. The molecular formula is C5H9BO3. The molecule has 0 bridgehead atoms. The highest BCUT2D eigenvalue weighted by Gasteiger charge is 2.21. The maximum atomic E-state index is 5.07. The first-order valence-corrected chi connectivity index (χ1v) is 2.94. The van der Waals surface area contributed by atoms with Gasteiger partial charge < -0.3 is 14.1 Å². The van der Waals surface area contributed by atoms with E-state index in [-0.39, 0.29) is 0 Å². The number of rotatable bonds is 5. The van der Waals surface area contributed by atoms with Crippen LogP contribution in [0.4, 0.5) is 0 Å². The zero-order valence-electron chi connectivity index (χ0n) is 5.21. The first-order valence-electron chi connectivity index (χ1n) is 2.94. The summed E-state index contributed by atoms with van der Waals surface area (Å²) in [7, 11) is 4.75. The molecule has 9 heavy (non-hydrogen) atoms. The van der Waals surface area contributed by atoms with Crippen LogP contribution >= 0.6 is 0 Å². The van der Waals surface area contributed by atoms with Gasteiger partial charge in [-0.1, -0.05) is 0 Å². The largest absolute Gasteiger partial charge is 0.445 e. The minimum Gasteiger partial charge on any atom is -0.445 e. The Morgan fingerprint density at radius 1 is 1.56 bits per heavy atom. The SMILES string of the molecule is [B]OCCOCC1CO1. The molecule has 1 heterocycles. The van der Waals surface area contributed by atoms with Gasteiger partial charge in [0.25, 0.3) is 8.05 Å². The maximum absolute atomic E-state index is 5.07. The highest BCUT2D eigenvalue weighted by molar-refractivity contribution is 5.97. The van der Waals surface area contributed by atoms with E-state index in [4.69, 9.17) is 17.5 Å². The lowest BCUT2D eigenvalue weighted by Gasteiger charge is -1.98. The molecule has 1 rings (SSSR count). The highest BCUT2D eigenvalue weighted by Crippen LogP contribution is 2.07. The van der Waals surface area contributed by atoms with Gasteiger partial charge in [-0.05, 0) is 0 Å². The molecule has 1 unspecified atom stereocenters. The standard InChI is InChI=1S/C5H9BO3/c6-9-2-1-7-3-5-4-8-5/h5H,1-4H2. The molecule has 3 nitrogen and oxygen atoms in total. The minimum absolute atomic E-state index is 0.336. The molecule has 0 N–H and O–H groups in total. The Hall–Kier alpha value is -0.0551. The van der Waals surface area contributed by atoms with Crippen molar-refractivity contribution in [2.75, 3.05) is 26.4 Å². The third kappa shape index (κ3) is 3.51. The average molecular weight is 128 g/mol. The summed E-state index contributed by atoms with van der Waals surface area (Å²) in [5, 5.41) is 0. The van der Waals surface area contributed by atoms with Crippen LogP contribution in [0.3, 0.4) is 0 Å². The molecule has 0 aromatic carbocycles. The number of hydrogen-bond acceptors (Lipinski definition) is 3. The zero-order valence-corrected chi connectivity index (χ0v) is 5.21. The Morgan fingerprint density at radius 2 is 2.33 bits per heavy atom. The van der Waals surface area contributed by atoms with Crippen molar-refractivity contribution in [1.29, 1.82) is 0 Å². The van der Waals surface area contributed by atoms with Gasteiger partial charge in [0, 0.05) is 0 Å². The average Bonchev–Trinajstić information content (AvgIpc) is 2.63. The van der Waals surface area contributed by atoms with Crippen LogP contribution in [0.1, 0.15) is 0 Å². The van der Waals surface area contributed by atoms with E-state index in [0.717, 1.165) is 6.61 Å². The molecule has 0 aliphatic carbocycles. The van der Waals surface area contributed by atoms with Crippen molar-refractivity contribution in [1.82, 2.24) is 0 Å². The van der Waals surface area contributed by atoms with E-state index in [2.05, 4.69) is 4.65 Å². The summed E-state index contributed by atoms with van der Waals surface area (Å²) in [4.78, 5) is 0. The van der Waals surface area contributed by atoms with Crippen LogP contribution < -0.4 is 0 Å². The van der Waals surface area contributed by atoms with E-state index in [1.807, 2.05) is 0 Å². The summed E-state index contributed by atoms with van der Waals surface area (Å²) < 4.78 is 14.2. The highest BCUT2D eigenvalue weighted by atomic mass is 16.6. The predicted molar refractivity (Wildman–Crippen MR) is 32.3 cm³/mol. The fourth-order valence-corrected chi connectivity index (χ4v) is 0.486. The number of epoxide rings is 1. The van der Waals surface area contributed by atoms with Gasteiger partial charge in [0.2, 0.25) is 0 Å². The van der Waals surface area contributed by atoms with Crippen molar-refractivity contribution in [3.63, 3.8) is 0 Å². The third-order valence-electron chi connectivity index (χ3n) is 1.05. The molecule has 0 aromatic heterocycles. The second-order valence-corrected chi connectivity index (χ2v) is 1.90. The summed E-state index contributed by atoms with van der Waals surface area (Å²) in [5.41, 5.74) is 0. The van der Waals surface area contributed by atoms with Crippen molar-refractivity contribution in [3.05, 3.63) is 0 Å². The summed E-state index contributed by atoms with van der Waals surface area (Å²) in [6, 6.07) is 0. The molecule has 1 fully saturated rings. The molecule has 1 atom stereocenters. The summed E-state index contributed by atoms with van der Waals surface area (Å²) in [5.74, 6) is 0. The van der Waals surface area contributed by atoms with Crippen LogP contribution in [0.25, 0.3) is 0 Å². The lowest BCUT2D eigenvalue weighted by molar-refractivity contribution is 0.0905. The van der Waals surface area contributed by atoms with Crippen molar-refractivity contribution in [2.45, 2.75) is 6.10 Å². The molecule has 2 radical (unpaired) electrons. The van der Waals surface area contributed by atoms with E-state index in [9.17, 15) is 0 Å². The van der Waals surface area contributed by atoms with Gasteiger partial charge in [-0.25, -0.2) is 0 Å². The quantitative estimate of drug-likeness (QED) is 0.284.